The van der Waals surface area contributed by atoms with Crippen molar-refractivity contribution in [3.8, 4) is 5.75 Å². The van der Waals surface area contributed by atoms with Gasteiger partial charge in [0.2, 0.25) is 0 Å². The predicted octanol–water partition coefficient (Wildman–Crippen LogP) is 7.74. The molecule has 0 radical (unpaired) electrons. The Labute approximate surface area is 252 Å². The van der Waals surface area contributed by atoms with E-state index in [1.54, 1.807) is 30.3 Å². The van der Waals surface area contributed by atoms with Crippen LogP contribution in [0.4, 0.5) is 11.4 Å². The van der Waals surface area contributed by atoms with Gasteiger partial charge < -0.3 is 10.4 Å². The number of anilines is 2. The molecule has 0 bridgehead atoms. The van der Waals surface area contributed by atoms with Gasteiger partial charge in [0.1, 0.15) is 5.75 Å². The second kappa shape index (κ2) is 20.5. The summed E-state index contributed by atoms with van der Waals surface area (Å²) in [6.45, 7) is 10.1. The van der Waals surface area contributed by atoms with Crippen molar-refractivity contribution in [3.05, 3.63) is 145 Å². The van der Waals surface area contributed by atoms with Crippen LogP contribution < -0.4 is 5.32 Å². The minimum Gasteiger partial charge on any atom is -0.507 e. The fourth-order valence-corrected chi connectivity index (χ4v) is 3.52. The average molecular weight is 590 g/mol. The molecule has 43 heavy (non-hydrogen) atoms. The Hall–Kier alpha value is -5.38. The van der Waals surface area contributed by atoms with E-state index in [0.29, 0.717) is 16.8 Å². The van der Waals surface area contributed by atoms with Crippen molar-refractivity contribution in [2.75, 3.05) is 19.4 Å². The zero-order chi connectivity index (χ0) is 32.9. The van der Waals surface area contributed by atoms with Gasteiger partial charge in [0, 0.05) is 26.7 Å². The lowest BCUT2D eigenvalue weighted by Gasteiger charge is -2.21. The average Bonchev–Trinajstić information content (AvgIpc) is 2.99. The van der Waals surface area contributed by atoms with Crippen molar-refractivity contribution in [2.45, 2.75) is 34.6 Å². The first-order chi connectivity index (χ1) is 20.5. The number of phenolic OH excluding ortho intramolecular Hbond substituents is 1. The Morgan fingerprint density at radius 2 is 0.977 bits per heavy atom. The van der Waals surface area contributed by atoms with Crippen LogP contribution in [0.2, 0.25) is 0 Å². The zero-order valence-electron chi connectivity index (χ0n) is 25.5. The van der Waals surface area contributed by atoms with Gasteiger partial charge in [-0.3, -0.25) is 29.8 Å². The van der Waals surface area contributed by atoms with Gasteiger partial charge >= 0.3 is 0 Å². The molecular weight excluding hydrogens is 550 g/mol. The molecule has 228 valence electrons. The normalized spacial score (nSPS) is 9.84. The van der Waals surface area contributed by atoms with Crippen molar-refractivity contribution >= 4 is 22.9 Å². The van der Waals surface area contributed by atoms with E-state index >= 15 is 0 Å². The quantitative estimate of drug-likeness (QED) is 0.120. The largest absolute Gasteiger partial charge is 0.507 e. The minimum absolute atomic E-state index is 0.0552. The van der Waals surface area contributed by atoms with Gasteiger partial charge in [-0.15, -0.1) is 0 Å². The maximum atomic E-state index is 12.9. The van der Waals surface area contributed by atoms with Crippen molar-refractivity contribution in [3.63, 3.8) is 0 Å². The maximum absolute atomic E-state index is 12.9. The molecule has 4 aromatic carbocycles. The number of benzene rings is 4. The third kappa shape index (κ3) is 12.8. The van der Waals surface area contributed by atoms with Gasteiger partial charge in [0.15, 0.2) is 25.7 Å². The number of nitro groups is 2. The smallest absolute Gasteiger partial charge is 0.198 e. The number of hydrogen-bond acceptors (Lipinski definition) is 8. The Kier molecular flexibility index (Phi) is 17.9. The lowest BCUT2D eigenvalue weighted by molar-refractivity contribution is -0.445. The van der Waals surface area contributed by atoms with Crippen LogP contribution >= 0.6 is 0 Å². The number of aromatic hydroxyl groups is 1. The number of carbonyl (C=O) groups is 2. The van der Waals surface area contributed by atoms with Crippen LogP contribution in [-0.4, -0.2) is 40.6 Å². The van der Waals surface area contributed by atoms with E-state index in [-0.39, 0.29) is 28.4 Å². The van der Waals surface area contributed by atoms with E-state index in [0.717, 1.165) is 19.8 Å². The number of carbonyl (C=O) groups excluding carboxylic acids is 2. The number of phenols is 1. The van der Waals surface area contributed by atoms with Gasteiger partial charge in [0.25, 0.3) is 0 Å². The molecule has 0 atom stereocenters. The topological polar surface area (TPSA) is 153 Å². The van der Waals surface area contributed by atoms with Crippen molar-refractivity contribution in [1.29, 1.82) is 0 Å². The summed E-state index contributed by atoms with van der Waals surface area (Å²) in [5, 5.41) is 30.9. The van der Waals surface area contributed by atoms with Crippen LogP contribution in [0.25, 0.3) is 0 Å². The lowest BCUT2D eigenvalue weighted by atomic mass is 9.82. The summed E-state index contributed by atoms with van der Waals surface area (Å²) in [6.07, 6.45) is 0. The van der Waals surface area contributed by atoms with Crippen LogP contribution in [0.3, 0.4) is 0 Å². The number of nitrogens with one attached hydrogen (secondary N) is 1. The summed E-state index contributed by atoms with van der Waals surface area (Å²) in [4.78, 5) is 42.3. The summed E-state index contributed by atoms with van der Waals surface area (Å²) in [7, 11) is 1.78. The van der Waals surface area contributed by atoms with Gasteiger partial charge in [-0.2, -0.15) is 0 Å². The van der Waals surface area contributed by atoms with Crippen LogP contribution in [-0.2, 0) is 0 Å². The lowest BCUT2D eigenvalue weighted by Crippen LogP contribution is -2.22. The van der Waals surface area contributed by atoms with Gasteiger partial charge in [-0.05, 0) is 31.2 Å². The first-order valence-corrected chi connectivity index (χ1v) is 13.6. The van der Waals surface area contributed by atoms with Gasteiger partial charge in [-0.1, -0.05) is 106 Å². The molecule has 0 saturated heterocycles. The van der Waals surface area contributed by atoms with Crippen molar-refractivity contribution in [2.24, 2.45) is 0 Å². The molecular formula is C33H39N3O7. The molecule has 0 spiro atoms. The number of nitrogens with zero attached hydrogens (tertiary/aromatic N) is 2. The molecule has 5 rings (SSSR count). The molecule has 0 amide bonds. The summed E-state index contributed by atoms with van der Waals surface area (Å²) in [5.41, 5.74) is 3.56. The van der Waals surface area contributed by atoms with E-state index in [1.807, 2.05) is 76.2 Å². The number of fused-ring (bicyclic) bond motifs is 2. The molecule has 10 heteroatoms. The van der Waals surface area contributed by atoms with Crippen LogP contribution in [0.1, 0.15) is 65.1 Å². The Morgan fingerprint density at radius 3 is 1.37 bits per heavy atom. The third-order valence-electron chi connectivity index (χ3n) is 5.05. The zero-order valence-corrected chi connectivity index (χ0v) is 25.5. The second-order valence-corrected chi connectivity index (χ2v) is 8.11. The Balaban J connectivity index is 0.000000764. The SMILES string of the molecule is CC.CC.C[N+](=O)[O-].C[N+](=O)[O-].Cc1ccccc1.O=C1c2ccccc2C(=O)c2c(Nc3ccccc3)ccc(O)c21. The summed E-state index contributed by atoms with van der Waals surface area (Å²) in [5.74, 6) is -0.791. The molecule has 1 aliphatic carbocycles. The molecule has 0 unspecified atom stereocenters. The second-order valence-electron chi connectivity index (χ2n) is 8.11. The monoisotopic (exact) mass is 589 g/mol. The standard InChI is InChI=1S/C20H13NO3.C7H8.2C2H6.2CH3NO2/c22-16-11-10-15(21-12-6-2-1-3-7-12)17-18(16)20(24)14-9-5-4-8-13(14)19(17)23;1-7-5-3-2-4-6-7;2*1-2;2*1-2(3)4/h1-11,21-22H;2-6H,1H3;2*1-2H3;2*1H3. The first-order valence-electron chi connectivity index (χ1n) is 13.6. The highest BCUT2D eigenvalue weighted by molar-refractivity contribution is 6.31. The maximum Gasteiger partial charge on any atom is 0.198 e. The number of ketones is 2. The van der Waals surface area contributed by atoms with Crippen molar-refractivity contribution in [1.82, 2.24) is 0 Å². The molecule has 0 saturated carbocycles. The molecule has 2 N–H and O–H groups in total. The minimum atomic E-state index is -0.500. The summed E-state index contributed by atoms with van der Waals surface area (Å²) < 4.78 is 0. The third-order valence-corrected chi connectivity index (χ3v) is 5.05. The molecule has 0 heterocycles. The van der Waals surface area contributed by atoms with E-state index in [9.17, 15) is 14.7 Å². The van der Waals surface area contributed by atoms with E-state index in [4.69, 9.17) is 20.2 Å². The molecule has 0 aromatic heterocycles. The Morgan fingerprint density at radius 1 is 0.605 bits per heavy atom. The number of hydrogen-bond donors (Lipinski definition) is 2. The molecule has 4 aromatic rings. The molecule has 0 aliphatic heterocycles. The number of aryl methyl sites for hydroxylation is 1. The van der Waals surface area contributed by atoms with E-state index in [2.05, 4.69) is 24.4 Å². The Bertz CT molecular complexity index is 1440. The predicted molar refractivity (Wildman–Crippen MR) is 171 cm³/mol. The van der Waals surface area contributed by atoms with E-state index in [1.165, 1.54) is 11.6 Å². The highest BCUT2D eigenvalue weighted by atomic mass is 16.6. The summed E-state index contributed by atoms with van der Waals surface area (Å²) >= 11 is 0. The van der Waals surface area contributed by atoms with Crippen molar-refractivity contribution < 1.29 is 24.5 Å². The fraction of sp³-hybridized carbons (Fsp3) is 0.212. The van der Waals surface area contributed by atoms with Crippen LogP contribution in [0.15, 0.2) is 97.1 Å². The van der Waals surface area contributed by atoms with Gasteiger partial charge in [0.05, 0.1) is 16.8 Å². The van der Waals surface area contributed by atoms with Crippen LogP contribution in [0, 0.1) is 27.2 Å². The molecule has 1 aliphatic rings. The highest BCUT2D eigenvalue weighted by Gasteiger charge is 2.33. The van der Waals surface area contributed by atoms with Gasteiger partial charge in [-0.25, -0.2) is 0 Å². The number of para-hydroxylation sites is 1. The van der Waals surface area contributed by atoms with E-state index < -0.39 is 9.85 Å². The number of rotatable bonds is 2. The molecule has 0 fully saturated rings. The fourth-order valence-electron chi connectivity index (χ4n) is 3.52. The molecule has 10 nitrogen and oxygen atoms in total. The summed E-state index contributed by atoms with van der Waals surface area (Å²) in [6, 6.07) is 29.3. The first kappa shape index (κ1) is 37.6. The highest BCUT2D eigenvalue weighted by Crippen LogP contribution is 2.37. The van der Waals surface area contributed by atoms with Crippen LogP contribution in [0.5, 0.6) is 5.75 Å².